The zero-order valence-corrected chi connectivity index (χ0v) is 14.2. The molecule has 1 saturated carbocycles. The van der Waals surface area contributed by atoms with Crippen LogP contribution in [0.5, 0.6) is 0 Å². The van der Waals surface area contributed by atoms with Crippen LogP contribution in [-0.2, 0) is 16.1 Å². The maximum Gasteiger partial charge on any atom is 0.340 e. The quantitative estimate of drug-likeness (QED) is 0.803. The summed E-state index contributed by atoms with van der Waals surface area (Å²) in [7, 11) is 0. The van der Waals surface area contributed by atoms with E-state index in [1.807, 2.05) is 38.1 Å². The number of aryl methyl sites for hydroxylation is 1. The number of hydrogen-bond donors (Lipinski definition) is 0. The van der Waals surface area contributed by atoms with E-state index in [0.29, 0.717) is 24.9 Å². The van der Waals surface area contributed by atoms with E-state index in [0.717, 1.165) is 24.2 Å². The third kappa shape index (κ3) is 3.42. The fraction of sp³-hybridized carbons (Fsp3) is 0.400. The van der Waals surface area contributed by atoms with Crippen molar-refractivity contribution >= 4 is 11.8 Å². The summed E-state index contributed by atoms with van der Waals surface area (Å²) in [6, 6.07) is 12.0. The van der Waals surface area contributed by atoms with Crippen LogP contribution in [0.15, 0.2) is 36.4 Å². The second kappa shape index (κ2) is 7.04. The van der Waals surface area contributed by atoms with Crippen LogP contribution in [-0.4, -0.2) is 22.4 Å². The fourth-order valence-corrected chi connectivity index (χ4v) is 3.29. The van der Waals surface area contributed by atoms with Crippen molar-refractivity contribution in [3.63, 3.8) is 0 Å². The normalized spacial score (nSPS) is 17.8. The molecule has 0 spiro atoms. The molecule has 1 aromatic heterocycles. The van der Waals surface area contributed by atoms with E-state index < -0.39 is 6.10 Å². The van der Waals surface area contributed by atoms with Crippen molar-refractivity contribution in [2.24, 2.45) is 0 Å². The predicted octanol–water partition coefficient (Wildman–Crippen LogP) is 3.82. The highest BCUT2D eigenvalue weighted by molar-refractivity contribution is 5.94. The molecule has 0 radical (unpaired) electrons. The Balaban J connectivity index is 1.77. The number of esters is 1. The van der Waals surface area contributed by atoms with E-state index in [-0.39, 0.29) is 11.8 Å². The molecular formula is C20H23NO3. The number of carbonyl (C=O) groups excluding carboxylic acids is 2. The zero-order valence-electron chi connectivity index (χ0n) is 14.2. The van der Waals surface area contributed by atoms with E-state index >= 15 is 0 Å². The van der Waals surface area contributed by atoms with E-state index in [2.05, 4.69) is 16.7 Å². The minimum atomic E-state index is -0.566. The van der Waals surface area contributed by atoms with Crippen molar-refractivity contribution in [3.8, 4) is 0 Å². The summed E-state index contributed by atoms with van der Waals surface area (Å²) in [6.07, 6.45) is 2.44. The number of ketones is 1. The summed E-state index contributed by atoms with van der Waals surface area (Å²) in [4.78, 5) is 24.4. The summed E-state index contributed by atoms with van der Waals surface area (Å²) >= 11 is 0. The van der Waals surface area contributed by atoms with E-state index in [9.17, 15) is 9.59 Å². The predicted molar refractivity (Wildman–Crippen MR) is 92.1 cm³/mol. The first-order chi connectivity index (χ1) is 11.6. The highest BCUT2D eigenvalue weighted by Crippen LogP contribution is 2.22. The Hall–Kier alpha value is -2.36. The average molecular weight is 325 g/mol. The van der Waals surface area contributed by atoms with Gasteiger partial charge in [-0.2, -0.15) is 0 Å². The zero-order chi connectivity index (χ0) is 17.1. The number of hydrogen-bond acceptors (Lipinski definition) is 3. The van der Waals surface area contributed by atoms with Crippen LogP contribution in [0, 0.1) is 13.8 Å². The number of nitrogens with zero attached hydrogens (tertiary/aromatic N) is 1. The molecule has 126 valence electrons. The van der Waals surface area contributed by atoms with Gasteiger partial charge in [0.1, 0.15) is 0 Å². The monoisotopic (exact) mass is 325 g/mol. The summed E-state index contributed by atoms with van der Waals surface area (Å²) in [5.41, 5.74) is 3.63. The largest absolute Gasteiger partial charge is 0.451 e. The molecule has 4 nitrogen and oxygen atoms in total. The van der Waals surface area contributed by atoms with Crippen molar-refractivity contribution < 1.29 is 14.3 Å². The molecule has 1 heterocycles. The lowest BCUT2D eigenvalue weighted by atomic mass is 9.96. The molecule has 3 rings (SSSR count). The number of carbonyl (C=O) groups is 2. The molecule has 1 aliphatic rings. The van der Waals surface area contributed by atoms with Crippen LogP contribution >= 0.6 is 0 Å². The smallest absolute Gasteiger partial charge is 0.340 e. The van der Waals surface area contributed by atoms with Gasteiger partial charge in [-0.15, -0.1) is 0 Å². The lowest BCUT2D eigenvalue weighted by molar-refractivity contribution is -0.129. The standard InChI is InChI=1S/C20H23NO3/c1-14-12-17(20(23)24-19-11-7-6-10-18(19)22)15(2)21(14)13-16-8-4-3-5-9-16/h3-5,8-9,12,19H,6-7,10-11,13H2,1-2H3/t19-/m1/s1. The summed E-state index contributed by atoms with van der Waals surface area (Å²) in [6.45, 7) is 4.63. The van der Waals surface area contributed by atoms with Gasteiger partial charge >= 0.3 is 5.97 Å². The lowest BCUT2D eigenvalue weighted by Gasteiger charge is -2.20. The topological polar surface area (TPSA) is 48.3 Å². The van der Waals surface area contributed by atoms with Crippen molar-refractivity contribution in [1.29, 1.82) is 0 Å². The van der Waals surface area contributed by atoms with Gasteiger partial charge in [-0.1, -0.05) is 30.3 Å². The second-order valence-corrected chi connectivity index (χ2v) is 6.46. The average Bonchev–Trinajstić information content (AvgIpc) is 2.86. The van der Waals surface area contributed by atoms with Crippen molar-refractivity contribution in [1.82, 2.24) is 4.57 Å². The van der Waals surface area contributed by atoms with Crippen molar-refractivity contribution in [2.45, 2.75) is 52.2 Å². The maximum absolute atomic E-state index is 12.5. The third-order valence-electron chi connectivity index (χ3n) is 4.72. The van der Waals surface area contributed by atoms with Crippen LogP contribution in [0.3, 0.4) is 0 Å². The summed E-state index contributed by atoms with van der Waals surface area (Å²) < 4.78 is 7.59. The minimum absolute atomic E-state index is 0.0488. The molecule has 4 heteroatoms. The molecule has 0 bridgehead atoms. The fourth-order valence-electron chi connectivity index (χ4n) is 3.29. The SMILES string of the molecule is Cc1cc(C(=O)O[C@@H]2CCCCC2=O)c(C)n1Cc1ccccc1. The summed E-state index contributed by atoms with van der Waals surface area (Å²) in [5.74, 6) is -0.338. The molecule has 0 N–H and O–H groups in total. The van der Waals surface area contributed by atoms with Crippen LogP contribution < -0.4 is 0 Å². The molecule has 0 saturated heterocycles. The third-order valence-corrected chi connectivity index (χ3v) is 4.72. The van der Waals surface area contributed by atoms with Gasteiger partial charge in [0, 0.05) is 24.4 Å². The van der Waals surface area contributed by atoms with Crippen LogP contribution in [0.2, 0.25) is 0 Å². The van der Waals surface area contributed by atoms with E-state index in [1.54, 1.807) is 0 Å². The Kier molecular flexibility index (Phi) is 4.84. The van der Waals surface area contributed by atoms with Gasteiger partial charge in [0.15, 0.2) is 11.9 Å². The molecule has 1 aromatic carbocycles. The molecule has 1 aliphatic carbocycles. The second-order valence-electron chi connectivity index (χ2n) is 6.46. The molecule has 0 aliphatic heterocycles. The van der Waals surface area contributed by atoms with Crippen LogP contribution in [0.1, 0.15) is 53.0 Å². The number of aromatic nitrogens is 1. The molecule has 0 unspecified atom stereocenters. The van der Waals surface area contributed by atoms with Gasteiger partial charge in [-0.3, -0.25) is 4.79 Å². The number of benzene rings is 1. The Morgan fingerprint density at radius 3 is 2.67 bits per heavy atom. The van der Waals surface area contributed by atoms with Crippen molar-refractivity contribution in [3.05, 3.63) is 58.9 Å². The van der Waals surface area contributed by atoms with E-state index in [4.69, 9.17) is 4.74 Å². The Morgan fingerprint density at radius 1 is 1.21 bits per heavy atom. The Morgan fingerprint density at radius 2 is 1.96 bits per heavy atom. The molecule has 2 aromatic rings. The first-order valence-corrected chi connectivity index (χ1v) is 8.50. The van der Waals surface area contributed by atoms with Crippen LogP contribution in [0.25, 0.3) is 0 Å². The highest BCUT2D eigenvalue weighted by Gasteiger charge is 2.27. The molecule has 0 amide bonds. The van der Waals surface area contributed by atoms with Gasteiger partial charge < -0.3 is 9.30 Å². The maximum atomic E-state index is 12.5. The molecule has 1 atom stereocenters. The summed E-state index contributed by atoms with van der Waals surface area (Å²) in [5, 5.41) is 0. The van der Waals surface area contributed by atoms with Gasteiger partial charge in [0.2, 0.25) is 0 Å². The first-order valence-electron chi connectivity index (χ1n) is 8.50. The van der Waals surface area contributed by atoms with Gasteiger partial charge in [-0.25, -0.2) is 4.79 Å². The van der Waals surface area contributed by atoms with E-state index in [1.165, 1.54) is 5.56 Å². The first kappa shape index (κ1) is 16.5. The number of Topliss-reactive ketones (excluding diaryl/α,β-unsaturated/α-hetero) is 1. The lowest BCUT2D eigenvalue weighted by Crippen LogP contribution is -2.30. The van der Waals surface area contributed by atoms with Crippen LogP contribution in [0.4, 0.5) is 0 Å². The minimum Gasteiger partial charge on any atom is -0.451 e. The highest BCUT2D eigenvalue weighted by atomic mass is 16.5. The number of rotatable bonds is 4. The van der Waals surface area contributed by atoms with Gasteiger partial charge in [0.05, 0.1) is 5.56 Å². The number of ether oxygens (including phenoxy) is 1. The van der Waals surface area contributed by atoms with Gasteiger partial charge in [-0.05, 0) is 44.7 Å². The molecule has 1 fully saturated rings. The Labute approximate surface area is 142 Å². The molecule has 24 heavy (non-hydrogen) atoms. The molecular weight excluding hydrogens is 302 g/mol. The Bertz CT molecular complexity index is 746. The van der Waals surface area contributed by atoms with Crippen molar-refractivity contribution in [2.75, 3.05) is 0 Å². The van der Waals surface area contributed by atoms with Gasteiger partial charge in [0.25, 0.3) is 0 Å².